The molecule has 0 aromatic carbocycles. The van der Waals surface area contributed by atoms with Gasteiger partial charge < -0.3 is 5.32 Å². The topological polar surface area (TPSA) is 12.0 Å². The summed E-state index contributed by atoms with van der Waals surface area (Å²) in [6, 6.07) is 0. The van der Waals surface area contributed by atoms with Gasteiger partial charge in [0.25, 0.3) is 0 Å². The summed E-state index contributed by atoms with van der Waals surface area (Å²) >= 11 is 4.39. The third-order valence-electron chi connectivity index (χ3n) is 1.89. The van der Waals surface area contributed by atoms with Crippen LogP contribution in [0.25, 0.3) is 0 Å². The molecule has 1 saturated heterocycles. The van der Waals surface area contributed by atoms with Gasteiger partial charge in [0.05, 0.1) is 0 Å². The van der Waals surface area contributed by atoms with Gasteiger partial charge in [0.1, 0.15) is 0 Å². The van der Waals surface area contributed by atoms with Crippen molar-refractivity contribution in [3.8, 4) is 0 Å². The van der Waals surface area contributed by atoms with Crippen molar-refractivity contribution in [2.75, 3.05) is 13.1 Å². The number of hydrogen-bond acceptors (Lipinski definition) is 2. The highest BCUT2D eigenvalue weighted by Crippen LogP contribution is 2.19. The Bertz CT molecular complexity index is 85.0. The summed E-state index contributed by atoms with van der Waals surface area (Å²) in [7, 11) is 0. The quantitative estimate of drug-likeness (QED) is 0.522. The van der Waals surface area contributed by atoms with Crippen LogP contribution in [0.15, 0.2) is 0 Å². The Labute approximate surface area is 62.6 Å². The lowest BCUT2D eigenvalue weighted by molar-refractivity contribution is 0.390. The summed E-state index contributed by atoms with van der Waals surface area (Å²) in [5.41, 5.74) is 0. The van der Waals surface area contributed by atoms with E-state index in [1.54, 1.807) is 0 Å². The van der Waals surface area contributed by atoms with Gasteiger partial charge in [0.15, 0.2) is 0 Å². The van der Waals surface area contributed by atoms with Crippen molar-refractivity contribution in [2.24, 2.45) is 5.92 Å². The number of rotatable bonds is 1. The first-order valence-electron chi connectivity index (χ1n) is 3.43. The molecule has 1 aliphatic heterocycles. The predicted octanol–water partition coefficient (Wildman–Crippen LogP) is 0.995. The summed E-state index contributed by atoms with van der Waals surface area (Å²) in [4.78, 5) is 0. The summed E-state index contributed by atoms with van der Waals surface area (Å²) in [5.74, 6) is 0.634. The number of piperidine rings is 1. The highest BCUT2D eigenvalue weighted by atomic mass is 32.1. The number of thiol groups is 1. The molecule has 1 nitrogen and oxygen atoms in total. The monoisotopic (exact) mass is 143 g/mol. The van der Waals surface area contributed by atoms with Gasteiger partial charge in [-0.3, -0.25) is 0 Å². The highest BCUT2D eigenvalue weighted by Gasteiger charge is 2.19. The number of hydrogen-bond donors (Lipinski definition) is 2. The van der Waals surface area contributed by atoms with E-state index >= 15 is 0 Å². The van der Waals surface area contributed by atoms with Gasteiger partial charge in [0, 0.05) is 11.8 Å². The van der Waals surface area contributed by atoms with Crippen LogP contribution in [0.2, 0.25) is 0 Å². The van der Waals surface area contributed by atoms with Crippen LogP contribution in [-0.4, -0.2) is 18.3 Å². The van der Waals surface area contributed by atoms with Crippen molar-refractivity contribution >= 4 is 12.6 Å². The third kappa shape index (κ3) is 1.87. The zero-order valence-electron chi connectivity index (χ0n) is 5.51. The first kappa shape index (κ1) is 7.42. The Morgan fingerprint density at radius 2 is 2.44 bits per heavy atom. The molecule has 0 spiro atoms. The molecule has 1 aliphatic rings. The Morgan fingerprint density at radius 3 is 2.89 bits per heavy atom. The lowest BCUT2D eigenvalue weighted by atomic mass is 9.95. The first-order chi connectivity index (χ1) is 4.34. The second-order valence-electron chi connectivity index (χ2n) is 2.56. The van der Waals surface area contributed by atoms with Crippen LogP contribution in [-0.2, 0) is 0 Å². The van der Waals surface area contributed by atoms with Crippen LogP contribution in [0.4, 0.5) is 0 Å². The Balaban J connectivity index is 2.30. The molecule has 1 fully saturated rings. The normalized spacial score (nSPS) is 36.7. The van der Waals surface area contributed by atoms with Crippen molar-refractivity contribution in [1.82, 2.24) is 5.32 Å². The van der Waals surface area contributed by atoms with Crippen molar-refractivity contribution in [3.05, 3.63) is 6.92 Å². The predicted molar refractivity (Wildman–Crippen MR) is 42.7 cm³/mol. The second-order valence-corrected chi connectivity index (χ2v) is 3.22. The van der Waals surface area contributed by atoms with Crippen LogP contribution < -0.4 is 5.32 Å². The molecular formula is C7H13NS. The molecule has 0 saturated carbocycles. The van der Waals surface area contributed by atoms with Crippen LogP contribution >= 0.6 is 12.6 Å². The van der Waals surface area contributed by atoms with Gasteiger partial charge >= 0.3 is 0 Å². The van der Waals surface area contributed by atoms with E-state index in [0.717, 1.165) is 19.5 Å². The molecule has 2 heteroatoms. The molecule has 1 rings (SSSR count). The molecule has 0 aromatic rings. The molecule has 2 radical (unpaired) electrons. The van der Waals surface area contributed by atoms with E-state index < -0.39 is 0 Å². The lowest BCUT2D eigenvalue weighted by Crippen LogP contribution is -2.37. The molecule has 1 N–H and O–H groups in total. The molecule has 0 amide bonds. The summed E-state index contributed by atoms with van der Waals surface area (Å²) in [6.45, 7) is 7.65. The summed E-state index contributed by atoms with van der Waals surface area (Å²) in [5, 5.41) is 3.74. The maximum absolute atomic E-state index is 5.52. The SMILES string of the molecule is [CH]CC1CCNCC1S. The van der Waals surface area contributed by atoms with Crippen LogP contribution in [0.5, 0.6) is 0 Å². The minimum Gasteiger partial charge on any atom is -0.316 e. The van der Waals surface area contributed by atoms with Crippen LogP contribution in [0.1, 0.15) is 12.8 Å². The van der Waals surface area contributed by atoms with E-state index in [1.807, 2.05) is 0 Å². The average molecular weight is 143 g/mol. The Hall–Kier alpha value is 0.310. The standard InChI is InChI=1S/C7H13NS/c1-2-6-3-4-8-5-7(6)9/h1,6-9H,2-5H2. The summed E-state index contributed by atoms with van der Waals surface area (Å²) < 4.78 is 0. The highest BCUT2D eigenvalue weighted by molar-refractivity contribution is 7.81. The van der Waals surface area contributed by atoms with Gasteiger partial charge in [-0.1, -0.05) is 0 Å². The lowest BCUT2D eigenvalue weighted by Gasteiger charge is -2.27. The molecule has 1 heterocycles. The minimum atomic E-state index is 0.476. The molecular weight excluding hydrogens is 130 g/mol. The van der Waals surface area contributed by atoms with E-state index in [1.165, 1.54) is 6.42 Å². The molecule has 2 atom stereocenters. The minimum absolute atomic E-state index is 0.476. The molecule has 52 valence electrons. The zero-order valence-corrected chi connectivity index (χ0v) is 6.40. The fourth-order valence-corrected chi connectivity index (χ4v) is 1.57. The molecule has 2 unspecified atom stereocenters. The summed E-state index contributed by atoms with van der Waals surface area (Å²) in [6.07, 6.45) is 1.97. The van der Waals surface area contributed by atoms with Gasteiger partial charge in [-0.25, -0.2) is 0 Å². The van der Waals surface area contributed by atoms with Crippen LogP contribution in [0, 0.1) is 12.8 Å². The zero-order chi connectivity index (χ0) is 6.69. The third-order valence-corrected chi connectivity index (χ3v) is 2.50. The van der Waals surface area contributed by atoms with Crippen molar-refractivity contribution in [1.29, 1.82) is 0 Å². The Kier molecular flexibility index (Phi) is 2.86. The van der Waals surface area contributed by atoms with Crippen molar-refractivity contribution in [3.63, 3.8) is 0 Å². The smallest absolute Gasteiger partial charge is 0.0171 e. The fraction of sp³-hybridized carbons (Fsp3) is 0.857. The van der Waals surface area contributed by atoms with E-state index in [-0.39, 0.29) is 0 Å². The van der Waals surface area contributed by atoms with Gasteiger partial charge in [-0.15, -0.1) is 0 Å². The maximum Gasteiger partial charge on any atom is 0.0171 e. The van der Waals surface area contributed by atoms with Gasteiger partial charge in [0.2, 0.25) is 0 Å². The molecule has 0 aromatic heterocycles. The van der Waals surface area contributed by atoms with E-state index in [2.05, 4.69) is 17.9 Å². The average Bonchev–Trinajstić information content (AvgIpc) is 1.89. The van der Waals surface area contributed by atoms with Gasteiger partial charge in [-0.05, 0) is 32.2 Å². The molecule has 0 bridgehead atoms. The van der Waals surface area contributed by atoms with Gasteiger partial charge in [-0.2, -0.15) is 12.6 Å². The van der Waals surface area contributed by atoms with E-state index in [0.29, 0.717) is 11.2 Å². The van der Waals surface area contributed by atoms with Crippen molar-refractivity contribution < 1.29 is 0 Å². The number of nitrogens with one attached hydrogen (secondary N) is 1. The van der Waals surface area contributed by atoms with E-state index in [9.17, 15) is 0 Å². The Morgan fingerprint density at radius 1 is 1.67 bits per heavy atom. The largest absolute Gasteiger partial charge is 0.316 e. The first-order valence-corrected chi connectivity index (χ1v) is 3.95. The van der Waals surface area contributed by atoms with Crippen molar-refractivity contribution in [2.45, 2.75) is 18.1 Å². The van der Waals surface area contributed by atoms with E-state index in [4.69, 9.17) is 6.92 Å². The second kappa shape index (κ2) is 3.47. The van der Waals surface area contributed by atoms with Crippen LogP contribution in [0.3, 0.4) is 0 Å². The molecule has 0 aliphatic carbocycles. The fourth-order valence-electron chi connectivity index (χ4n) is 1.17. The maximum atomic E-state index is 5.52. The molecule has 9 heavy (non-hydrogen) atoms.